The first-order valence-electron chi connectivity index (χ1n) is 25.7. The van der Waals surface area contributed by atoms with Crippen molar-refractivity contribution in [1.82, 2.24) is 0 Å². The number of hydrogen-bond acceptors (Lipinski definition) is 10. The molecule has 6 aliphatic carbocycles. The van der Waals surface area contributed by atoms with Crippen LogP contribution in [-0.4, -0.2) is 102 Å². The summed E-state index contributed by atoms with van der Waals surface area (Å²) in [7, 11) is 0. The lowest BCUT2D eigenvalue weighted by Gasteiger charge is -2.44. The van der Waals surface area contributed by atoms with E-state index in [0.717, 1.165) is 49.7 Å². The monoisotopic (exact) mass is 925 g/mol. The number of allylic oxidation sites excluding steroid dienone is 6. The largest absolute Gasteiger partial charge is 0.390 e. The van der Waals surface area contributed by atoms with E-state index in [-0.39, 0.29) is 0 Å². The zero-order valence-electron chi connectivity index (χ0n) is 42.2. The number of ether oxygens (including phenoxy) is 2. The summed E-state index contributed by atoms with van der Waals surface area (Å²) in [6.07, 6.45) is 22.2. The molecule has 4 unspecified atom stereocenters. The second kappa shape index (κ2) is 23.3. The minimum absolute atomic E-state index is 0.319. The number of aliphatic hydroxyl groups is 8. The first-order chi connectivity index (χ1) is 31.0. The number of aliphatic hydroxyl groups excluding tert-OH is 6. The molecule has 0 aromatic heterocycles. The lowest BCUT2D eigenvalue weighted by Crippen LogP contribution is -2.45. The molecule has 0 amide bonds. The maximum atomic E-state index is 10.5. The zero-order valence-corrected chi connectivity index (χ0v) is 42.2. The molecule has 0 radical (unpaired) electrons. The third-order valence-electron chi connectivity index (χ3n) is 17.7. The predicted molar refractivity (Wildman–Crippen MR) is 263 cm³/mol. The van der Waals surface area contributed by atoms with Crippen molar-refractivity contribution in [2.45, 2.75) is 219 Å². The third-order valence-corrected chi connectivity index (χ3v) is 17.7. The van der Waals surface area contributed by atoms with Crippen LogP contribution in [0.3, 0.4) is 0 Å². The van der Waals surface area contributed by atoms with Crippen LogP contribution < -0.4 is 0 Å². The van der Waals surface area contributed by atoms with Crippen LogP contribution in [-0.2, 0) is 9.47 Å². The molecule has 14 atom stereocenters. The molecule has 0 saturated heterocycles. The van der Waals surface area contributed by atoms with Crippen LogP contribution in [0, 0.1) is 46.3 Å². The fourth-order valence-corrected chi connectivity index (χ4v) is 14.0. The van der Waals surface area contributed by atoms with Crippen molar-refractivity contribution < 1.29 is 50.3 Å². The summed E-state index contributed by atoms with van der Waals surface area (Å²) in [6.45, 7) is 24.4. The van der Waals surface area contributed by atoms with Gasteiger partial charge in [0.2, 0.25) is 0 Å². The van der Waals surface area contributed by atoms with E-state index in [0.29, 0.717) is 70.3 Å². The maximum absolute atomic E-state index is 10.5. The predicted octanol–water partition coefficient (Wildman–Crippen LogP) is 9.30. The van der Waals surface area contributed by atoms with Gasteiger partial charge in [0.15, 0.2) is 0 Å². The van der Waals surface area contributed by atoms with Crippen molar-refractivity contribution in [2.24, 2.45) is 46.3 Å². The van der Waals surface area contributed by atoms with E-state index in [1.54, 1.807) is 0 Å². The Morgan fingerprint density at radius 3 is 1.32 bits per heavy atom. The van der Waals surface area contributed by atoms with Gasteiger partial charge in [-0.1, -0.05) is 102 Å². The summed E-state index contributed by atoms with van der Waals surface area (Å²) >= 11 is 0. The van der Waals surface area contributed by atoms with Gasteiger partial charge in [0.05, 0.1) is 23.4 Å². The molecule has 10 heteroatoms. The molecule has 0 heterocycles. The lowest BCUT2D eigenvalue weighted by molar-refractivity contribution is -0.138. The Kier molecular flexibility index (Phi) is 19.4. The van der Waals surface area contributed by atoms with Gasteiger partial charge in [-0.25, -0.2) is 0 Å². The van der Waals surface area contributed by atoms with E-state index >= 15 is 0 Å². The van der Waals surface area contributed by atoms with Gasteiger partial charge < -0.3 is 50.3 Å². The highest BCUT2D eigenvalue weighted by Gasteiger charge is 2.52. The minimum atomic E-state index is -1.01. The fraction of sp³-hybridized carbons (Fsp3) is 0.786. The van der Waals surface area contributed by atoms with Crippen LogP contribution >= 0.6 is 0 Å². The molecule has 0 spiro atoms. The maximum Gasteiger partial charge on any atom is 0.144 e. The van der Waals surface area contributed by atoms with Gasteiger partial charge in [-0.15, -0.1) is 0 Å². The Bertz CT molecular complexity index is 1620. The standard InChI is InChI=1S/2C28H46O5/c2*1-18(8-6-14-27(3,4)32)22-12-13-23-20(9-7-15-28(22,23)5)10-11-21-16-24(30)26(33-17-29)25(31)19(21)2/h2*10-11,18,22-26,29-32H,2,6-9,12-17H2,1,3-5H3/b2*20-10+,21-11-/t2*18-,22-,23?,24-,25-,26-,28?/m11/s1. The number of hydrogen-bond donors (Lipinski definition) is 8. The van der Waals surface area contributed by atoms with E-state index in [1.165, 1.54) is 75.4 Å². The second-order valence-electron chi connectivity index (χ2n) is 23.4. The molecular weight excluding hydrogens is 833 g/mol. The Hall–Kier alpha value is -1.96. The smallest absolute Gasteiger partial charge is 0.144 e. The topological polar surface area (TPSA) is 180 Å². The molecule has 6 saturated carbocycles. The molecule has 8 N–H and O–H groups in total. The quantitative estimate of drug-likeness (QED) is 0.0696. The fourth-order valence-electron chi connectivity index (χ4n) is 14.0. The third kappa shape index (κ3) is 13.3. The van der Waals surface area contributed by atoms with Crippen LogP contribution in [0.5, 0.6) is 0 Å². The summed E-state index contributed by atoms with van der Waals surface area (Å²) in [6, 6.07) is 0. The summed E-state index contributed by atoms with van der Waals surface area (Å²) in [5.41, 5.74) is 5.33. The molecular formula is C56H92O10. The summed E-state index contributed by atoms with van der Waals surface area (Å²) in [5.74, 6) is 3.92. The van der Waals surface area contributed by atoms with E-state index in [1.807, 2.05) is 39.8 Å². The Morgan fingerprint density at radius 2 is 0.985 bits per heavy atom. The van der Waals surface area contributed by atoms with E-state index in [2.05, 4.69) is 53.0 Å². The molecule has 376 valence electrons. The number of fused-ring (bicyclic) bond motifs is 2. The molecule has 6 rings (SSSR count). The summed E-state index contributed by atoms with van der Waals surface area (Å²) in [5, 5.41) is 79.9. The van der Waals surface area contributed by atoms with Crippen molar-refractivity contribution in [3.05, 3.63) is 70.9 Å². The molecule has 0 aliphatic heterocycles. The summed E-state index contributed by atoms with van der Waals surface area (Å²) in [4.78, 5) is 0. The van der Waals surface area contributed by atoms with Crippen LogP contribution in [0.15, 0.2) is 70.9 Å². The molecule has 66 heavy (non-hydrogen) atoms. The minimum Gasteiger partial charge on any atom is -0.390 e. The Balaban J connectivity index is 0.000000247. The average molecular weight is 925 g/mol. The molecule has 6 fully saturated rings. The van der Waals surface area contributed by atoms with Crippen molar-refractivity contribution >= 4 is 0 Å². The van der Waals surface area contributed by atoms with E-state index in [4.69, 9.17) is 19.7 Å². The van der Waals surface area contributed by atoms with Crippen molar-refractivity contribution in [3.63, 3.8) is 0 Å². The Morgan fingerprint density at radius 1 is 0.621 bits per heavy atom. The van der Waals surface area contributed by atoms with Crippen LogP contribution in [0.25, 0.3) is 0 Å². The first-order valence-corrected chi connectivity index (χ1v) is 25.7. The normalized spacial score (nSPS) is 38.7. The highest BCUT2D eigenvalue weighted by atomic mass is 16.6. The Labute approximate surface area is 398 Å². The van der Waals surface area contributed by atoms with Gasteiger partial charge in [-0.3, -0.25) is 0 Å². The van der Waals surface area contributed by atoms with Crippen molar-refractivity contribution in [3.8, 4) is 0 Å². The van der Waals surface area contributed by atoms with Crippen LogP contribution in [0.1, 0.15) is 171 Å². The molecule has 0 aromatic rings. The van der Waals surface area contributed by atoms with Gasteiger partial charge in [0, 0.05) is 12.8 Å². The van der Waals surface area contributed by atoms with Gasteiger partial charge in [-0.2, -0.15) is 0 Å². The highest BCUT2D eigenvalue weighted by molar-refractivity contribution is 5.41. The van der Waals surface area contributed by atoms with Gasteiger partial charge in [0.25, 0.3) is 0 Å². The first kappa shape index (κ1) is 55.0. The van der Waals surface area contributed by atoms with Crippen molar-refractivity contribution in [2.75, 3.05) is 13.6 Å². The second-order valence-corrected chi connectivity index (χ2v) is 23.4. The lowest BCUT2D eigenvalue weighted by atomic mass is 9.60. The molecule has 10 nitrogen and oxygen atoms in total. The van der Waals surface area contributed by atoms with E-state index < -0.39 is 61.4 Å². The molecule has 0 aromatic carbocycles. The molecule has 0 bridgehead atoms. The summed E-state index contributed by atoms with van der Waals surface area (Å²) < 4.78 is 10.2. The van der Waals surface area contributed by atoms with Crippen LogP contribution in [0.4, 0.5) is 0 Å². The average Bonchev–Trinajstić information content (AvgIpc) is 3.79. The van der Waals surface area contributed by atoms with Gasteiger partial charge in [-0.05, 0) is 173 Å². The molecule has 6 aliphatic rings. The van der Waals surface area contributed by atoms with Gasteiger partial charge >= 0.3 is 0 Å². The van der Waals surface area contributed by atoms with Crippen molar-refractivity contribution in [1.29, 1.82) is 0 Å². The number of rotatable bonds is 16. The van der Waals surface area contributed by atoms with E-state index in [9.17, 15) is 30.6 Å². The SMILES string of the molecule is C=C1/C(=C\C=C2/CCCC3(C)C2CC[C@@H]3[C@H](C)CCCC(C)(C)O)C[C@@H](O)[C@@H](OCO)[C@@H]1O.C=C1/C(=C\C=C2/CCCC3(C)C2CC[C@@H]3[C@H](C)CCCC(C)(C)O)C[C@@H](O)[C@@H](OCO)[C@@H]1O. The van der Waals surface area contributed by atoms with Gasteiger partial charge in [0.1, 0.15) is 38.0 Å². The highest BCUT2D eigenvalue weighted by Crippen LogP contribution is 2.61. The zero-order chi connectivity index (χ0) is 48.8. The van der Waals surface area contributed by atoms with Crippen LogP contribution in [0.2, 0.25) is 0 Å².